The fourth-order valence-corrected chi connectivity index (χ4v) is 4.58. The van der Waals surface area contributed by atoms with Gasteiger partial charge in [-0.1, -0.05) is 29.8 Å². The summed E-state index contributed by atoms with van der Waals surface area (Å²) in [6, 6.07) is 18.1. The number of hydrogen-bond donors (Lipinski definition) is 1. The number of para-hydroxylation sites is 2. The van der Waals surface area contributed by atoms with E-state index in [1.165, 1.54) is 12.1 Å². The van der Waals surface area contributed by atoms with Gasteiger partial charge in [-0.2, -0.15) is 18.2 Å². The molecule has 10 heteroatoms. The number of ether oxygens (including phenoxy) is 2. The topological polar surface area (TPSA) is 68.0 Å². The van der Waals surface area contributed by atoms with E-state index in [2.05, 4.69) is 9.88 Å². The van der Waals surface area contributed by atoms with Gasteiger partial charge in [-0.25, -0.2) is 0 Å². The Morgan fingerprint density at radius 1 is 1.00 bits per heavy atom. The van der Waals surface area contributed by atoms with Crippen molar-refractivity contribution in [2.24, 2.45) is 0 Å². The van der Waals surface area contributed by atoms with Crippen LogP contribution in [0.15, 0.2) is 71.1 Å². The number of halogens is 4. The molecule has 3 aromatic carbocycles. The molecule has 1 saturated heterocycles. The Kier molecular flexibility index (Phi) is 7.02. The summed E-state index contributed by atoms with van der Waals surface area (Å²) < 4.78 is 56.7. The second kappa shape index (κ2) is 10.2. The molecule has 0 atom stereocenters. The molecule has 1 aliphatic heterocycles. The highest BCUT2D eigenvalue weighted by atomic mass is 35.5. The molecule has 4 aromatic rings. The van der Waals surface area contributed by atoms with Crippen LogP contribution in [0.5, 0.6) is 17.6 Å². The first-order valence-corrected chi connectivity index (χ1v) is 12.2. The molecule has 1 aromatic heterocycles. The summed E-state index contributed by atoms with van der Waals surface area (Å²) in [5.74, 6) is 1.23. The first kappa shape index (κ1) is 25.4. The first-order chi connectivity index (χ1) is 17.7. The number of nitrogens with zero attached hydrogens (tertiary/aromatic N) is 2. The third-order valence-corrected chi connectivity index (χ3v) is 6.80. The second-order valence-corrected chi connectivity index (χ2v) is 9.34. The molecule has 0 spiro atoms. The van der Waals surface area contributed by atoms with E-state index in [4.69, 9.17) is 25.5 Å². The van der Waals surface area contributed by atoms with Crippen LogP contribution in [-0.2, 0) is 11.8 Å². The average Bonchev–Trinajstić information content (AvgIpc) is 3.28. The van der Waals surface area contributed by atoms with E-state index in [1.54, 1.807) is 24.3 Å². The zero-order valence-electron chi connectivity index (χ0n) is 19.7. The van der Waals surface area contributed by atoms with E-state index in [-0.39, 0.29) is 16.7 Å². The summed E-state index contributed by atoms with van der Waals surface area (Å²) in [7, 11) is 0. The van der Waals surface area contributed by atoms with Crippen LogP contribution in [0.25, 0.3) is 11.1 Å². The van der Waals surface area contributed by atoms with E-state index < -0.39 is 17.3 Å². The van der Waals surface area contributed by atoms with E-state index in [0.29, 0.717) is 61.7 Å². The molecule has 37 heavy (non-hydrogen) atoms. The van der Waals surface area contributed by atoms with Crippen molar-refractivity contribution in [3.8, 4) is 17.6 Å². The van der Waals surface area contributed by atoms with Gasteiger partial charge >= 0.3 is 12.3 Å². The third-order valence-electron chi connectivity index (χ3n) is 6.47. The lowest BCUT2D eigenvalue weighted by Gasteiger charge is -2.38. The lowest BCUT2D eigenvalue weighted by molar-refractivity contribution is -0.137. The molecule has 2 heterocycles. The Balaban J connectivity index is 1.10. The highest BCUT2D eigenvalue weighted by Crippen LogP contribution is 2.40. The van der Waals surface area contributed by atoms with Crippen molar-refractivity contribution < 1.29 is 32.2 Å². The van der Waals surface area contributed by atoms with Crippen LogP contribution >= 0.6 is 11.6 Å². The summed E-state index contributed by atoms with van der Waals surface area (Å²) in [6.07, 6.45) is -3.79. The minimum Gasteiger partial charge on any atom is -0.492 e. The minimum absolute atomic E-state index is 0.160. The molecular formula is C27H24ClF3N2O4. The Hall–Kier alpha value is -3.27. The number of benzene rings is 3. The standard InChI is InChI=1S/C27H24ClF3N2O4/c28-22-10-5-18(17-21(22)27(29,30)31)26(34)11-13-33(14-12-26)15-16-35-19-6-8-20(9-7-19)36-25-32-23-3-1-2-4-24(23)37-25/h1-10,17,34H,11-16H2. The first-order valence-electron chi connectivity index (χ1n) is 11.8. The van der Waals surface area contributed by atoms with Crippen molar-refractivity contribution in [3.05, 3.63) is 82.9 Å². The summed E-state index contributed by atoms with van der Waals surface area (Å²) in [5.41, 5.74) is -0.658. The fourth-order valence-electron chi connectivity index (χ4n) is 4.36. The lowest BCUT2D eigenvalue weighted by Crippen LogP contribution is -2.44. The zero-order chi connectivity index (χ0) is 26.0. The van der Waals surface area contributed by atoms with Gasteiger partial charge in [0.25, 0.3) is 0 Å². The van der Waals surface area contributed by atoms with Crippen LogP contribution in [0.1, 0.15) is 24.0 Å². The van der Waals surface area contributed by atoms with Crippen molar-refractivity contribution in [1.29, 1.82) is 0 Å². The largest absolute Gasteiger partial charge is 0.492 e. The minimum atomic E-state index is -4.57. The molecule has 0 unspecified atom stereocenters. The van der Waals surface area contributed by atoms with Gasteiger partial charge < -0.3 is 19.0 Å². The number of fused-ring (bicyclic) bond motifs is 1. The maximum atomic E-state index is 13.2. The maximum Gasteiger partial charge on any atom is 0.417 e. The molecule has 0 saturated carbocycles. The molecule has 1 fully saturated rings. The van der Waals surface area contributed by atoms with E-state index in [1.807, 2.05) is 24.3 Å². The third kappa shape index (κ3) is 5.84. The smallest absolute Gasteiger partial charge is 0.417 e. The average molecular weight is 533 g/mol. The molecule has 6 nitrogen and oxygen atoms in total. The van der Waals surface area contributed by atoms with Crippen LogP contribution in [0.3, 0.4) is 0 Å². The van der Waals surface area contributed by atoms with E-state index in [0.717, 1.165) is 6.07 Å². The van der Waals surface area contributed by atoms with Crippen LogP contribution in [0.2, 0.25) is 5.02 Å². The Morgan fingerprint density at radius 3 is 2.41 bits per heavy atom. The van der Waals surface area contributed by atoms with Crippen LogP contribution < -0.4 is 9.47 Å². The summed E-state index contributed by atoms with van der Waals surface area (Å²) >= 11 is 5.72. The number of aliphatic hydroxyl groups is 1. The van der Waals surface area contributed by atoms with Crippen molar-refractivity contribution in [3.63, 3.8) is 0 Å². The number of likely N-dealkylation sites (tertiary alicyclic amines) is 1. The molecular weight excluding hydrogens is 509 g/mol. The van der Waals surface area contributed by atoms with E-state index in [9.17, 15) is 18.3 Å². The van der Waals surface area contributed by atoms with E-state index >= 15 is 0 Å². The van der Waals surface area contributed by atoms with Crippen LogP contribution in [0, 0.1) is 0 Å². The Morgan fingerprint density at radius 2 is 1.70 bits per heavy atom. The summed E-state index contributed by atoms with van der Waals surface area (Å²) in [6.45, 7) is 2.09. The van der Waals surface area contributed by atoms with Crippen molar-refractivity contribution >= 4 is 22.7 Å². The van der Waals surface area contributed by atoms with Crippen molar-refractivity contribution in [2.45, 2.75) is 24.6 Å². The van der Waals surface area contributed by atoms with Gasteiger partial charge in [-0.15, -0.1) is 0 Å². The SMILES string of the molecule is OC1(c2ccc(Cl)c(C(F)(F)F)c2)CCN(CCOc2ccc(Oc3nc4ccccc4o3)cc2)CC1. The van der Waals surface area contributed by atoms with Gasteiger partial charge in [0.05, 0.1) is 16.2 Å². The quantitative estimate of drug-likeness (QED) is 0.287. The Labute approximate surface area is 216 Å². The molecule has 0 aliphatic carbocycles. The molecule has 1 aliphatic rings. The Bertz CT molecular complexity index is 1330. The molecule has 5 rings (SSSR count). The summed E-state index contributed by atoms with van der Waals surface area (Å²) in [5, 5.41) is 10.7. The lowest BCUT2D eigenvalue weighted by atomic mass is 9.83. The van der Waals surface area contributed by atoms with Gasteiger partial charge in [0.2, 0.25) is 0 Å². The molecule has 0 amide bonds. The van der Waals surface area contributed by atoms with Gasteiger partial charge in [0.15, 0.2) is 5.58 Å². The highest BCUT2D eigenvalue weighted by molar-refractivity contribution is 6.31. The van der Waals surface area contributed by atoms with Crippen molar-refractivity contribution in [1.82, 2.24) is 9.88 Å². The van der Waals surface area contributed by atoms with Gasteiger partial charge in [-0.3, -0.25) is 4.90 Å². The maximum absolute atomic E-state index is 13.2. The number of rotatable bonds is 7. The number of piperidine rings is 1. The van der Waals surface area contributed by atoms with Gasteiger partial charge in [-0.05, 0) is 66.9 Å². The number of alkyl halides is 3. The number of oxazole rings is 1. The number of hydrogen-bond acceptors (Lipinski definition) is 6. The van der Waals surface area contributed by atoms with Crippen LogP contribution in [0.4, 0.5) is 13.2 Å². The predicted molar refractivity (Wildman–Crippen MR) is 132 cm³/mol. The number of aromatic nitrogens is 1. The molecule has 0 bridgehead atoms. The zero-order valence-corrected chi connectivity index (χ0v) is 20.4. The van der Waals surface area contributed by atoms with Gasteiger partial charge in [0.1, 0.15) is 23.6 Å². The fraction of sp³-hybridized carbons (Fsp3) is 0.296. The summed E-state index contributed by atoms with van der Waals surface area (Å²) in [4.78, 5) is 6.39. The van der Waals surface area contributed by atoms with Gasteiger partial charge in [0, 0.05) is 19.6 Å². The monoisotopic (exact) mass is 532 g/mol. The van der Waals surface area contributed by atoms with Crippen LogP contribution in [-0.4, -0.2) is 41.2 Å². The molecule has 1 N–H and O–H groups in total. The second-order valence-electron chi connectivity index (χ2n) is 8.94. The normalized spacial score (nSPS) is 16.1. The predicted octanol–water partition coefficient (Wildman–Crippen LogP) is 6.65. The highest BCUT2D eigenvalue weighted by Gasteiger charge is 2.38. The molecule has 0 radical (unpaired) electrons. The molecule has 194 valence electrons. The van der Waals surface area contributed by atoms with Crippen molar-refractivity contribution in [2.75, 3.05) is 26.2 Å².